The van der Waals surface area contributed by atoms with Crippen LogP contribution >= 0.6 is 0 Å². The number of nitrogens with one attached hydrogen (secondary N) is 1. The topological polar surface area (TPSA) is 114 Å². The molecule has 4 aromatic rings. The average molecular weight is 537 g/mol. The van der Waals surface area contributed by atoms with Crippen molar-refractivity contribution in [2.24, 2.45) is 0 Å². The van der Waals surface area contributed by atoms with Crippen molar-refractivity contribution in [3.8, 4) is 23.0 Å². The third kappa shape index (κ3) is 5.05. The van der Waals surface area contributed by atoms with Gasteiger partial charge in [-0.15, -0.1) is 0 Å². The predicted octanol–water partition coefficient (Wildman–Crippen LogP) is 4.58. The van der Waals surface area contributed by atoms with Gasteiger partial charge in [-0.2, -0.15) is 0 Å². The number of carbonyl (C=O) groups excluding carboxylic acids is 2. The summed E-state index contributed by atoms with van der Waals surface area (Å²) < 4.78 is 12.1. The van der Waals surface area contributed by atoms with Crippen molar-refractivity contribution in [2.45, 2.75) is 25.8 Å². The Hall–Kier alpha value is -4.92. The molecule has 1 atom stereocenters. The third-order valence-electron chi connectivity index (χ3n) is 7.10. The van der Waals surface area contributed by atoms with Gasteiger partial charge in [-0.05, 0) is 85.0 Å². The SMILES string of the molecule is Cc1nccc(C(=O)N2CCc3cc4ccc3C2c2cccc(c2)OCCCNC(=O)c2cc(ccc2O)O4)n1. The van der Waals surface area contributed by atoms with Crippen LogP contribution in [0.15, 0.2) is 72.9 Å². The van der Waals surface area contributed by atoms with Crippen molar-refractivity contribution in [3.05, 3.63) is 107 Å². The Kier molecular flexibility index (Phi) is 6.77. The zero-order valence-corrected chi connectivity index (χ0v) is 22.0. The molecule has 2 amide bonds. The maximum Gasteiger partial charge on any atom is 0.273 e. The first-order chi connectivity index (χ1) is 19.5. The number of benzene rings is 3. The summed E-state index contributed by atoms with van der Waals surface area (Å²) in [6.45, 7) is 3.00. The molecule has 9 nitrogen and oxygen atoms in total. The smallest absolute Gasteiger partial charge is 0.273 e. The molecule has 1 unspecified atom stereocenters. The molecular formula is C31H28N4O5. The molecule has 2 N–H and O–H groups in total. The summed E-state index contributed by atoms with van der Waals surface area (Å²) in [5.74, 6) is 1.57. The molecule has 3 aromatic carbocycles. The highest BCUT2D eigenvalue weighted by Gasteiger charge is 2.34. The standard InChI is InChI=1S/C31H28N4O5/c1-19-32-13-10-27(34-19)31(38)35-14-11-20-16-23-6-8-25(20)29(35)21-4-2-5-22(17-21)39-15-3-12-33-30(37)26-18-24(40-23)7-9-28(26)36/h2,4-10,13,16-18,29,36H,3,11-12,14-15H2,1H3,(H,33,37). The number of aryl methyl sites for hydroxylation is 1. The lowest BCUT2D eigenvalue weighted by Crippen LogP contribution is -2.41. The number of amides is 2. The van der Waals surface area contributed by atoms with Crippen LogP contribution in [-0.4, -0.2) is 51.5 Å². The molecule has 202 valence electrons. The Morgan fingerprint density at radius 1 is 1.05 bits per heavy atom. The van der Waals surface area contributed by atoms with Gasteiger partial charge in [-0.1, -0.05) is 18.2 Å². The first-order valence-electron chi connectivity index (χ1n) is 13.2. The number of carbonyl (C=O) groups is 2. The minimum absolute atomic E-state index is 0.121. The third-order valence-corrected chi connectivity index (χ3v) is 7.10. The van der Waals surface area contributed by atoms with Gasteiger partial charge in [0.05, 0.1) is 18.2 Å². The molecule has 3 aliphatic rings. The summed E-state index contributed by atoms with van der Waals surface area (Å²) >= 11 is 0. The van der Waals surface area contributed by atoms with E-state index in [0.29, 0.717) is 61.3 Å². The highest BCUT2D eigenvalue weighted by Crippen LogP contribution is 2.39. The quantitative estimate of drug-likeness (QED) is 0.366. The average Bonchev–Trinajstić information content (AvgIpc) is 2.96. The van der Waals surface area contributed by atoms with Gasteiger partial charge < -0.3 is 24.8 Å². The summed E-state index contributed by atoms with van der Waals surface area (Å²) in [5.41, 5.74) is 3.45. The Labute approximate surface area is 231 Å². The lowest BCUT2D eigenvalue weighted by atomic mass is 9.87. The number of rotatable bonds is 1. The van der Waals surface area contributed by atoms with Gasteiger partial charge in [0.1, 0.15) is 34.5 Å². The second-order valence-electron chi connectivity index (χ2n) is 9.81. The van der Waals surface area contributed by atoms with E-state index < -0.39 is 0 Å². The van der Waals surface area contributed by atoms with Crippen LogP contribution in [0.4, 0.5) is 0 Å². The van der Waals surface area contributed by atoms with E-state index in [9.17, 15) is 14.7 Å². The number of aromatic hydroxyl groups is 1. The van der Waals surface area contributed by atoms with Crippen molar-refractivity contribution in [3.63, 3.8) is 0 Å². The number of hydrogen-bond acceptors (Lipinski definition) is 7. The van der Waals surface area contributed by atoms with Crippen LogP contribution in [0.5, 0.6) is 23.0 Å². The second-order valence-corrected chi connectivity index (χ2v) is 9.81. The predicted molar refractivity (Wildman–Crippen MR) is 147 cm³/mol. The van der Waals surface area contributed by atoms with E-state index in [4.69, 9.17) is 9.47 Å². The fourth-order valence-electron chi connectivity index (χ4n) is 5.20. The molecule has 0 saturated carbocycles. The Balaban J connectivity index is 1.43. The Morgan fingerprint density at radius 2 is 1.90 bits per heavy atom. The van der Waals surface area contributed by atoms with E-state index in [-0.39, 0.29) is 29.2 Å². The Bertz CT molecular complexity index is 1600. The molecule has 1 aromatic heterocycles. The van der Waals surface area contributed by atoms with E-state index >= 15 is 0 Å². The molecule has 9 heteroatoms. The van der Waals surface area contributed by atoms with Crippen molar-refractivity contribution >= 4 is 11.8 Å². The summed E-state index contributed by atoms with van der Waals surface area (Å²) in [5, 5.41) is 13.1. The molecule has 0 radical (unpaired) electrons. The number of fused-ring (bicyclic) bond motifs is 6. The van der Waals surface area contributed by atoms with Crippen LogP contribution in [0, 0.1) is 6.92 Å². The molecule has 3 aliphatic heterocycles. The number of aromatic nitrogens is 2. The van der Waals surface area contributed by atoms with Crippen molar-refractivity contribution in [1.82, 2.24) is 20.2 Å². The first-order valence-corrected chi connectivity index (χ1v) is 13.2. The van der Waals surface area contributed by atoms with E-state index in [2.05, 4.69) is 15.3 Å². The molecule has 8 bridgehead atoms. The number of hydrogen-bond donors (Lipinski definition) is 2. The molecule has 0 fully saturated rings. The highest BCUT2D eigenvalue weighted by molar-refractivity contribution is 5.97. The molecule has 0 saturated heterocycles. The lowest BCUT2D eigenvalue weighted by Gasteiger charge is -2.38. The summed E-state index contributed by atoms with van der Waals surface area (Å²) in [7, 11) is 0. The fourth-order valence-corrected chi connectivity index (χ4v) is 5.20. The van der Waals surface area contributed by atoms with Crippen molar-refractivity contribution < 1.29 is 24.2 Å². The van der Waals surface area contributed by atoms with Gasteiger partial charge in [0, 0.05) is 19.3 Å². The fraction of sp³-hybridized carbons (Fsp3) is 0.226. The summed E-state index contributed by atoms with van der Waals surface area (Å²) in [6, 6.07) is 19.4. The maximum absolute atomic E-state index is 13.8. The van der Waals surface area contributed by atoms with E-state index in [1.54, 1.807) is 25.3 Å². The molecule has 0 aliphatic carbocycles. The van der Waals surface area contributed by atoms with E-state index in [1.165, 1.54) is 12.1 Å². The van der Waals surface area contributed by atoms with E-state index in [0.717, 1.165) is 16.7 Å². The van der Waals surface area contributed by atoms with Gasteiger partial charge in [-0.25, -0.2) is 9.97 Å². The summed E-state index contributed by atoms with van der Waals surface area (Å²) in [4.78, 5) is 36.8. The Morgan fingerprint density at radius 3 is 2.77 bits per heavy atom. The molecule has 40 heavy (non-hydrogen) atoms. The molecule has 7 rings (SSSR count). The molecular weight excluding hydrogens is 508 g/mol. The monoisotopic (exact) mass is 536 g/mol. The van der Waals surface area contributed by atoms with Crippen LogP contribution < -0.4 is 14.8 Å². The lowest BCUT2D eigenvalue weighted by molar-refractivity contribution is 0.0687. The normalized spacial score (nSPS) is 16.7. The molecule has 4 heterocycles. The van der Waals surface area contributed by atoms with Gasteiger partial charge >= 0.3 is 0 Å². The van der Waals surface area contributed by atoms with Gasteiger partial charge in [0.15, 0.2) is 0 Å². The number of phenols is 1. The number of ether oxygens (including phenoxy) is 2. The van der Waals surface area contributed by atoms with Crippen LogP contribution in [0.1, 0.15) is 55.8 Å². The van der Waals surface area contributed by atoms with Gasteiger partial charge in [0.25, 0.3) is 11.8 Å². The second kappa shape index (κ2) is 10.7. The minimum Gasteiger partial charge on any atom is -0.507 e. The highest BCUT2D eigenvalue weighted by atomic mass is 16.5. The van der Waals surface area contributed by atoms with E-state index in [1.807, 2.05) is 47.4 Å². The van der Waals surface area contributed by atoms with Crippen LogP contribution in [-0.2, 0) is 6.42 Å². The largest absolute Gasteiger partial charge is 0.507 e. The van der Waals surface area contributed by atoms with Gasteiger partial charge in [-0.3, -0.25) is 9.59 Å². The van der Waals surface area contributed by atoms with Crippen LogP contribution in [0.3, 0.4) is 0 Å². The number of phenolic OH excluding ortho intramolecular Hbond substituents is 1. The maximum atomic E-state index is 13.8. The van der Waals surface area contributed by atoms with Gasteiger partial charge in [0.2, 0.25) is 0 Å². The summed E-state index contributed by atoms with van der Waals surface area (Å²) in [6.07, 6.45) is 2.80. The van der Waals surface area contributed by atoms with Crippen LogP contribution in [0.25, 0.3) is 0 Å². The zero-order chi connectivity index (χ0) is 27.6. The van der Waals surface area contributed by atoms with Crippen molar-refractivity contribution in [2.75, 3.05) is 19.7 Å². The minimum atomic E-state index is -0.386. The van der Waals surface area contributed by atoms with Crippen molar-refractivity contribution in [1.29, 1.82) is 0 Å². The number of nitrogens with zero attached hydrogens (tertiary/aromatic N) is 3. The first kappa shape index (κ1) is 25.4. The zero-order valence-electron chi connectivity index (χ0n) is 22.0. The molecule has 0 spiro atoms. The van der Waals surface area contributed by atoms with Crippen LogP contribution in [0.2, 0.25) is 0 Å².